The van der Waals surface area contributed by atoms with E-state index in [0.717, 1.165) is 0 Å². The number of hydrogen-bond donors (Lipinski definition) is 3. The summed E-state index contributed by atoms with van der Waals surface area (Å²) in [7, 11) is 0. The predicted octanol–water partition coefficient (Wildman–Crippen LogP) is 1.01. The highest BCUT2D eigenvalue weighted by molar-refractivity contribution is 5.31. The van der Waals surface area contributed by atoms with Gasteiger partial charge in [0, 0.05) is 0 Å². The first-order chi connectivity index (χ1) is 9.18. The molecule has 0 aromatic rings. The Morgan fingerprint density at radius 3 is 0.667 bits per heavy atom. The average Bonchev–Trinajstić information content (AvgIpc) is 2.41. The van der Waals surface area contributed by atoms with Gasteiger partial charge in [0.15, 0.2) is 0 Å². The molecular formula is C9H9F9O3. The Morgan fingerprint density at radius 2 is 0.571 bits per heavy atom. The molecule has 3 N–H and O–H groups in total. The van der Waals surface area contributed by atoms with Crippen molar-refractivity contribution in [1.82, 2.24) is 0 Å². The van der Waals surface area contributed by atoms with E-state index in [9.17, 15) is 39.5 Å². The molecule has 1 aliphatic carbocycles. The molecule has 1 aliphatic rings. The van der Waals surface area contributed by atoms with Crippen LogP contribution >= 0.6 is 0 Å². The van der Waals surface area contributed by atoms with Gasteiger partial charge in [-0.05, 0) is 0 Å². The molecule has 0 aromatic carbocycles. The lowest BCUT2D eigenvalue weighted by atomic mass is 9.62. The van der Waals surface area contributed by atoms with E-state index in [4.69, 9.17) is 15.3 Å². The highest BCUT2D eigenvalue weighted by Gasteiger charge is 2.98. The molecule has 0 atom stereocenters. The number of alkyl halides is 9. The second-order valence-electron chi connectivity index (χ2n) is 4.60. The fraction of sp³-hybridized carbons (Fsp3) is 1.00. The van der Waals surface area contributed by atoms with E-state index >= 15 is 0 Å². The van der Waals surface area contributed by atoms with Crippen molar-refractivity contribution in [3.05, 3.63) is 0 Å². The van der Waals surface area contributed by atoms with Crippen LogP contribution in [0.15, 0.2) is 0 Å². The molecule has 0 radical (unpaired) electrons. The number of rotatable bonds is 3. The Labute approximate surface area is 111 Å². The lowest BCUT2D eigenvalue weighted by Gasteiger charge is -2.56. The van der Waals surface area contributed by atoms with E-state index < -0.39 is 54.6 Å². The second-order valence-corrected chi connectivity index (χ2v) is 4.60. The molecule has 0 saturated heterocycles. The van der Waals surface area contributed by atoms with Gasteiger partial charge in [-0.25, -0.2) is 13.2 Å². The Morgan fingerprint density at radius 1 is 0.429 bits per heavy atom. The molecule has 0 aliphatic heterocycles. The van der Waals surface area contributed by atoms with Crippen LogP contribution in [0.25, 0.3) is 0 Å². The maximum Gasteiger partial charge on any atom is 0.331 e. The number of aliphatic hydroxyl groups is 3. The molecule has 12 heteroatoms. The lowest BCUT2D eigenvalue weighted by Crippen LogP contribution is -2.88. The van der Waals surface area contributed by atoms with Gasteiger partial charge in [-0.3, -0.25) is 0 Å². The fourth-order valence-corrected chi connectivity index (χ4v) is 2.13. The highest BCUT2D eigenvalue weighted by Crippen LogP contribution is 2.67. The Balaban J connectivity index is 3.87. The molecule has 1 saturated carbocycles. The topological polar surface area (TPSA) is 60.7 Å². The number of aliphatic hydroxyl groups excluding tert-OH is 3. The third kappa shape index (κ3) is 1.48. The van der Waals surface area contributed by atoms with Gasteiger partial charge < -0.3 is 15.3 Å². The summed E-state index contributed by atoms with van der Waals surface area (Å²) >= 11 is 0. The van der Waals surface area contributed by atoms with E-state index in [1.165, 1.54) is 0 Å². The SMILES string of the molecule is OCC1(F)C(F)(F)C(F)(CO)C(F)(F)C(F)(CO)C1(F)F. The summed E-state index contributed by atoms with van der Waals surface area (Å²) in [5.41, 5.74) is -17.5. The lowest BCUT2D eigenvalue weighted by molar-refractivity contribution is -0.444. The van der Waals surface area contributed by atoms with E-state index in [2.05, 4.69) is 0 Å². The van der Waals surface area contributed by atoms with Crippen molar-refractivity contribution in [2.45, 2.75) is 34.8 Å². The first-order valence-corrected chi connectivity index (χ1v) is 5.21. The zero-order valence-corrected chi connectivity index (χ0v) is 9.86. The third-order valence-corrected chi connectivity index (χ3v) is 3.64. The largest absolute Gasteiger partial charge is 0.393 e. The minimum Gasteiger partial charge on any atom is -0.393 e. The summed E-state index contributed by atoms with van der Waals surface area (Å²) in [6.07, 6.45) is 0. The van der Waals surface area contributed by atoms with Crippen LogP contribution in [0.1, 0.15) is 0 Å². The van der Waals surface area contributed by atoms with Crippen molar-refractivity contribution in [1.29, 1.82) is 0 Å². The number of hydrogen-bond acceptors (Lipinski definition) is 3. The molecule has 0 aromatic heterocycles. The summed E-state index contributed by atoms with van der Waals surface area (Å²) in [6, 6.07) is 0. The van der Waals surface area contributed by atoms with Gasteiger partial charge in [0.2, 0.25) is 0 Å². The Kier molecular flexibility index (Phi) is 3.82. The molecule has 0 amide bonds. The fourth-order valence-electron chi connectivity index (χ4n) is 2.13. The van der Waals surface area contributed by atoms with Crippen LogP contribution in [0, 0.1) is 0 Å². The van der Waals surface area contributed by atoms with Gasteiger partial charge in [-0.15, -0.1) is 0 Å². The van der Waals surface area contributed by atoms with Crippen LogP contribution in [0.4, 0.5) is 39.5 Å². The van der Waals surface area contributed by atoms with Crippen molar-refractivity contribution in [2.75, 3.05) is 19.8 Å². The summed E-state index contributed by atoms with van der Waals surface area (Å²) in [6.45, 7) is -8.83. The van der Waals surface area contributed by atoms with Crippen LogP contribution in [0.3, 0.4) is 0 Å². The first kappa shape index (κ1) is 18.3. The molecule has 1 fully saturated rings. The Bertz CT molecular complexity index is 345. The van der Waals surface area contributed by atoms with Crippen LogP contribution in [-0.4, -0.2) is 69.9 Å². The molecule has 126 valence electrons. The standard InChI is InChI=1S/C9H9F9O3/c10-4(1-19)7(13,14)5(11,2-20)9(17,18)6(12,3-21)8(4,15)16/h19-21H,1-3H2. The van der Waals surface area contributed by atoms with Crippen molar-refractivity contribution < 1.29 is 54.8 Å². The molecule has 1 rings (SSSR count). The van der Waals surface area contributed by atoms with Crippen molar-refractivity contribution in [2.24, 2.45) is 0 Å². The molecular weight excluding hydrogens is 327 g/mol. The number of halogens is 9. The quantitative estimate of drug-likeness (QED) is 0.674. The van der Waals surface area contributed by atoms with Crippen molar-refractivity contribution >= 4 is 0 Å². The van der Waals surface area contributed by atoms with Gasteiger partial charge in [0.1, 0.15) is 0 Å². The first-order valence-electron chi connectivity index (χ1n) is 5.21. The smallest absolute Gasteiger partial charge is 0.331 e. The van der Waals surface area contributed by atoms with Gasteiger partial charge >= 0.3 is 17.8 Å². The zero-order chi connectivity index (χ0) is 17.1. The minimum absolute atomic E-state index is 2.94. The summed E-state index contributed by atoms with van der Waals surface area (Å²) in [5, 5.41) is 25.1. The maximum atomic E-state index is 13.8. The van der Waals surface area contributed by atoms with Crippen molar-refractivity contribution in [3.8, 4) is 0 Å². The molecule has 3 nitrogen and oxygen atoms in total. The summed E-state index contributed by atoms with van der Waals surface area (Å²) in [4.78, 5) is 0. The molecule has 0 unspecified atom stereocenters. The molecule has 21 heavy (non-hydrogen) atoms. The van der Waals surface area contributed by atoms with E-state index in [-0.39, 0.29) is 0 Å². The van der Waals surface area contributed by atoms with Gasteiger partial charge in [-0.2, -0.15) is 26.3 Å². The zero-order valence-electron chi connectivity index (χ0n) is 9.86. The minimum atomic E-state index is -6.37. The maximum absolute atomic E-state index is 13.8. The van der Waals surface area contributed by atoms with Crippen molar-refractivity contribution in [3.63, 3.8) is 0 Å². The molecule has 0 spiro atoms. The van der Waals surface area contributed by atoms with Gasteiger partial charge in [0.25, 0.3) is 17.0 Å². The monoisotopic (exact) mass is 336 g/mol. The van der Waals surface area contributed by atoms with Gasteiger partial charge in [-0.1, -0.05) is 0 Å². The van der Waals surface area contributed by atoms with E-state index in [1.807, 2.05) is 0 Å². The summed E-state index contributed by atoms with van der Waals surface area (Å²) in [5.74, 6) is -19.1. The van der Waals surface area contributed by atoms with E-state index in [1.54, 1.807) is 0 Å². The Hall–Kier alpha value is -0.750. The molecule has 0 bridgehead atoms. The molecule has 0 heterocycles. The van der Waals surface area contributed by atoms with E-state index in [0.29, 0.717) is 0 Å². The average molecular weight is 336 g/mol. The third-order valence-electron chi connectivity index (χ3n) is 3.64. The van der Waals surface area contributed by atoms with Crippen LogP contribution in [0.2, 0.25) is 0 Å². The normalized spacial score (nSPS) is 44.6. The van der Waals surface area contributed by atoms with Gasteiger partial charge in [0.05, 0.1) is 19.8 Å². The predicted molar refractivity (Wildman–Crippen MR) is 47.6 cm³/mol. The van der Waals surface area contributed by atoms with Crippen LogP contribution in [0.5, 0.6) is 0 Å². The highest BCUT2D eigenvalue weighted by atomic mass is 19.3. The van der Waals surface area contributed by atoms with Crippen LogP contribution in [-0.2, 0) is 0 Å². The second kappa shape index (κ2) is 4.38. The summed E-state index contributed by atoms with van der Waals surface area (Å²) < 4.78 is 122. The van der Waals surface area contributed by atoms with Crippen LogP contribution < -0.4 is 0 Å².